The molecule has 0 aromatic heterocycles. The van der Waals surface area contributed by atoms with Crippen molar-refractivity contribution in [3.63, 3.8) is 0 Å². The smallest absolute Gasteiger partial charge is 0.377 e. The van der Waals surface area contributed by atoms with E-state index >= 15 is 0 Å². The second-order valence-electron chi connectivity index (χ2n) is 9.51. The molecular formula is C27H26F5NO4S. The highest BCUT2D eigenvalue weighted by Crippen LogP contribution is 2.37. The minimum absolute atomic E-state index is 0.212. The Morgan fingerprint density at radius 1 is 1.05 bits per heavy atom. The largest absolute Gasteiger partial charge is 0.523 e. The molecule has 2 aromatic carbocycles. The predicted molar refractivity (Wildman–Crippen MR) is 132 cm³/mol. The van der Waals surface area contributed by atoms with Crippen LogP contribution in [0.25, 0.3) is 0 Å². The Morgan fingerprint density at radius 3 is 2.13 bits per heavy atom. The first-order valence-corrected chi connectivity index (χ1v) is 13.4. The van der Waals surface area contributed by atoms with Crippen LogP contribution in [0.2, 0.25) is 0 Å². The first-order chi connectivity index (χ1) is 17.8. The number of ether oxygens (including phenoxy) is 2. The van der Waals surface area contributed by atoms with Crippen molar-refractivity contribution in [2.45, 2.75) is 50.2 Å². The van der Waals surface area contributed by atoms with E-state index in [9.17, 15) is 30.4 Å². The molecular weight excluding hydrogens is 529 g/mol. The molecule has 0 radical (unpaired) electrons. The molecule has 11 heteroatoms. The Balaban J connectivity index is 1.50. The highest BCUT2D eigenvalue weighted by molar-refractivity contribution is 7.94. The molecule has 1 aliphatic heterocycles. The van der Waals surface area contributed by atoms with Gasteiger partial charge in [-0.1, -0.05) is 36.4 Å². The van der Waals surface area contributed by atoms with Gasteiger partial charge >= 0.3 is 6.36 Å². The number of allylic oxidation sites excluding steroid dienone is 1. The van der Waals surface area contributed by atoms with Crippen molar-refractivity contribution >= 4 is 16.2 Å². The predicted octanol–water partition coefficient (Wildman–Crippen LogP) is 6.43. The van der Waals surface area contributed by atoms with Crippen LogP contribution < -0.4 is 0 Å². The van der Waals surface area contributed by atoms with Crippen LogP contribution in [0.5, 0.6) is 0 Å². The van der Waals surface area contributed by atoms with Crippen LogP contribution in [0.1, 0.15) is 43.2 Å². The Morgan fingerprint density at radius 2 is 1.63 bits per heavy atom. The summed E-state index contributed by atoms with van der Waals surface area (Å²) in [6.07, 6.45) is -0.0722. The molecule has 0 N–H and O–H groups in total. The van der Waals surface area contributed by atoms with Crippen LogP contribution >= 0.6 is 0 Å². The molecule has 2 unspecified atom stereocenters. The number of hydrogen-bond acceptors (Lipinski definition) is 4. The van der Waals surface area contributed by atoms with Gasteiger partial charge in [0.15, 0.2) is 0 Å². The molecule has 1 fully saturated rings. The number of nitrogens with zero attached hydrogens (tertiary/aromatic N) is 1. The first kappa shape index (κ1) is 28.1. The van der Waals surface area contributed by atoms with E-state index in [0.29, 0.717) is 19.4 Å². The van der Waals surface area contributed by atoms with Crippen molar-refractivity contribution in [1.82, 2.24) is 0 Å². The molecule has 0 amide bonds. The third kappa shape index (κ3) is 7.15. The minimum atomic E-state index is -4.86. The Labute approximate surface area is 217 Å². The summed E-state index contributed by atoms with van der Waals surface area (Å²) in [4.78, 5) is -0.212. The Kier molecular flexibility index (Phi) is 8.20. The van der Waals surface area contributed by atoms with Crippen LogP contribution in [0, 0.1) is 17.6 Å². The van der Waals surface area contributed by atoms with Crippen LogP contribution in [0.15, 0.2) is 76.1 Å². The maximum absolute atomic E-state index is 13.6. The van der Waals surface area contributed by atoms with Crippen LogP contribution in [0.3, 0.4) is 0 Å². The molecule has 5 nitrogen and oxygen atoms in total. The highest BCUT2D eigenvalue weighted by atomic mass is 32.2. The summed E-state index contributed by atoms with van der Waals surface area (Å²) in [5.74, 6) is -1.44. The fourth-order valence-electron chi connectivity index (χ4n) is 4.64. The zero-order valence-electron chi connectivity index (χ0n) is 20.4. The molecule has 1 saturated heterocycles. The number of halogens is 5. The summed E-state index contributed by atoms with van der Waals surface area (Å²) in [5, 5.41) is 0. The van der Waals surface area contributed by atoms with E-state index in [0.717, 1.165) is 29.4 Å². The van der Waals surface area contributed by atoms with Crippen molar-refractivity contribution in [1.29, 1.82) is 0 Å². The molecule has 0 spiro atoms. The van der Waals surface area contributed by atoms with E-state index in [4.69, 9.17) is 4.74 Å². The van der Waals surface area contributed by atoms with Gasteiger partial charge < -0.3 is 4.74 Å². The lowest BCUT2D eigenvalue weighted by Crippen LogP contribution is -2.34. The first-order valence-electron chi connectivity index (χ1n) is 11.9. The van der Waals surface area contributed by atoms with Gasteiger partial charge in [-0.05, 0) is 73.6 Å². The van der Waals surface area contributed by atoms with Crippen LogP contribution in [-0.2, 0) is 19.5 Å². The zero-order valence-corrected chi connectivity index (χ0v) is 21.2. The molecule has 1 heterocycles. The quantitative estimate of drug-likeness (QED) is 0.292. The molecule has 38 heavy (non-hydrogen) atoms. The fourth-order valence-corrected chi connectivity index (χ4v) is 5.63. The SMILES string of the molecule is CC1(OC(F)(F)F)C=CC(S(=O)(=O)/N=C/C2CCO[C@@H](C(c3ccc(F)cc3)c3ccc(F)cc3)C2)=CC1. The summed E-state index contributed by atoms with van der Waals surface area (Å²) >= 11 is 0. The third-order valence-corrected chi connectivity index (χ3v) is 7.85. The molecule has 0 saturated carbocycles. The second kappa shape index (κ2) is 11.1. The monoisotopic (exact) mass is 555 g/mol. The molecule has 0 bridgehead atoms. The van der Waals surface area contributed by atoms with Gasteiger partial charge in [0.25, 0.3) is 10.0 Å². The van der Waals surface area contributed by atoms with Crippen LogP contribution in [-0.4, -0.2) is 39.3 Å². The van der Waals surface area contributed by atoms with Crippen molar-refractivity contribution in [2.24, 2.45) is 10.3 Å². The Bertz CT molecular complexity index is 1280. The topological polar surface area (TPSA) is 65.0 Å². The van der Waals surface area contributed by atoms with E-state index in [1.807, 2.05) is 0 Å². The van der Waals surface area contributed by atoms with Gasteiger partial charge in [0.05, 0.1) is 16.6 Å². The maximum atomic E-state index is 13.6. The van der Waals surface area contributed by atoms with Gasteiger partial charge in [0.2, 0.25) is 0 Å². The van der Waals surface area contributed by atoms with E-state index < -0.39 is 39.7 Å². The number of hydrogen-bond donors (Lipinski definition) is 0. The molecule has 4 rings (SSSR count). The number of benzene rings is 2. The molecule has 3 atom stereocenters. The van der Waals surface area contributed by atoms with Gasteiger partial charge in [-0.15, -0.1) is 13.2 Å². The van der Waals surface area contributed by atoms with E-state index in [-0.39, 0.29) is 23.2 Å². The van der Waals surface area contributed by atoms with Gasteiger partial charge in [-0.3, -0.25) is 4.74 Å². The van der Waals surface area contributed by atoms with Crippen molar-refractivity contribution in [3.05, 3.63) is 94.4 Å². The van der Waals surface area contributed by atoms with Gasteiger partial charge in [-0.25, -0.2) is 8.78 Å². The summed E-state index contributed by atoms with van der Waals surface area (Å²) in [6, 6.07) is 11.8. The average molecular weight is 556 g/mol. The van der Waals surface area contributed by atoms with Crippen molar-refractivity contribution < 1.29 is 39.8 Å². The lowest BCUT2D eigenvalue weighted by molar-refractivity contribution is -0.355. The molecule has 204 valence electrons. The summed E-state index contributed by atoms with van der Waals surface area (Å²) in [5.41, 5.74) is -0.186. The normalized spacial score (nSPS) is 24.7. The summed E-state index contributed by atoms with van der Waals surface area (Å²) in [7, 11) is -4.15. The summed E-state index contributed by atoms with van der Waals surface area (Å²) in [6.45, 7) is 1.52. The van der Waals surface area contributed by atoms with E-state index in [1.54, 1.807) is 24.3 Å². The lowest BCUT2D eigenvalue weighted by Gasteiger charge is -2.34. The molecule has 2 aliphatic rings. The average Bonchev–Trinajstić information content (AvgIpc) is 2.85. The van der Waals surface area contributed by atoms with Gasteiger partial charge in [0.1, 0.15) is 11.6 Å². The van der Waals surface area contributed by atoms with Crippen molar-refractivity contribution in [2.75, 3.05) is 6.61 Å². The zero-order chi connectivity index (χ0) is 27.6. The number of sulfonamides is 1. The standard InChI is InChI=1S/C27H26F5NO4S/c1-26(37-27(30,31)32)13-10-23(11-14-26)38(34,35)33-17-18-12-15-36-24(16-18)25(19-2-6-21(28)7-3-19)20-4-8-22(29)9-5-20/h2-11,13,17-18,24-25H,12,14-16H2,1H3/b33-17+/t18?,24-,26?/m1/s1. The molecule has 1 aliphatic carbocycles. The molecule has 2 aromatic rings. The van der Waals surface area contributed by atoms with E-state index in [2.05, 4.69) is 9.13 Å². The third-order valence-electron chi connectivity index (χ3n) is 6.55. The van der Waals surface area contributed by atoms with E-state index in [1.165, 1.54) is 37.4 Å². The number of alkyl halides is 3. The van der Waals surface area contributed by atoms with Gasteiger partial charge in [0, 0.05) is 18.7 Å². The number of rotatable bonds is 7. The van der Waals surface area contributed by atoms with Crippen molar-refractivity contribution in [3.8, 4) is 0 Å². The Hall–Kier alpha value is -2.89. The highest BCUT2D eigenvalue weighted by Gasteiger charge is 2.40. The fraction of sp³-hybridized carbons (Fsp3) is 0.370. The van der Waals surface area contributed by atoms with Gasteiger partial charge in [-0.2, -0.15) is 12.8 Å². The minimum Gasteiger partial charge on any atom is -0.377 e. The maximum Gasteiger partial charge on any atom is 0.523 e. The van der Waals surface area contributed by atoms with Crippen LogP contribution in [0.4, 0.5) is 22.0 Å². The second-order valence-corrected chi connectivity index (χ2v) is 11.1. The summed E-state index contributed by atoms with van der Waals surface area (Å²) < 4.78 is 104. The lowest BCUT2D eigenvalue weighted by atomic mass is 9.81.